The second-order valence-electron chi connectivity index (χ2n) is 4.02. The first-order valence-electron chi connectivity index (χ1n) is 5.44. The third kappa shape index (κ3) is 3.80. The highest BCUT2D eigenvalue weighted by atomic mass is 32.1. The van der Waals surface area contributed by atoms with Gasteiger partial charge in [-0.1, -0.05) is 0 Å². The molecule has 0 saturated carbocycles. The van der Waals surface area contributed by atoms with Gasteiger partial charge in [0.15, 0.2) is 0 Å². The van der Waals surface area contributed by atoms with E-state index in [0.29, 0.717) is 10.6 Å². The predicted molar refractivity (Wildman–Crippen MR) is 70.6 cm³/mol. The molecular formula is C11H17N3O3S. The SMILES string of the molecule is CC(CO)N(C)CC(=O)Nc1sccc1C(N)=O. The molecule has 1 unspecified atom stereocenters. The van der Waals surface area contributed by atoms with Crippen LogP contribution in [0.25, 0.3) is 0 Å². The highest BCUT2D eigenvalue weighted by molar-refractivity contribution is 7.14. The molecule has 0 aliphatic carbocycles. The van der Waals surface area contributed by atoms with Gasteiger partial charge in [0.1, 0.15) is 5.00 Å². The van der Waals surface area contributed by atoms with Crippen molar-refractivity contribution >= 4 is 28.2 Å². The zero-order chi connectivity index (χ0) is 13.7. The molecule has 1 atom stereocenters. The average Bonchev–Trinajstić information content (AvgIpc) is 2.75. The van der Waals surface area contributed by atoms with Crippen molar-refractivity contribution in [3.8, 4) is 0 Å². The van der Waals surface area contributed by atoms with Gasteiger partial charge in [0.25, 0.3) is 5.91 Å². The van der Waals surface area contributed by atoms with Gasteiger partial charge in [0.2, 0.25) is 5.91 Å². The Morgan fingerprint density at radius 1 is 1.61 bits per heavy atom. The van der Waals surface area contributed by atoms with Gasteiger partial charge in [-0.25, -0.2) is 0 Å². The maximum Gasteiger partial charge on any atom is 0.251 e. The van der Waals surface area contributed by atoms with Crippen LogP contribution in [-0.4, -0.2) is 48.1 Å². The topological polar surface area (TPSA) is 95.7 Å². The van der Waals surface area contributed by atoms with Gasteiger partial charge in [0, 0.05) is 6.04 Å². The monoisotopic (exact) mass is 271 g/mol. The van der Waals surface area contributed by atoms with Crippen molar-refractivity contribution in [3.63, 3.8) is 0 Å². The van der Waals surface area contributed by atoms with Crippen LogP contribution in [0.15, 0.2) is 11.4 Å². The summed E-state index contributed by atoms with van der Waals surface area (Å²) in [5, 5.41) is 13.7. The summed E-state index contributed by atoms with van der Waals surface area (Å²) in [6.45, 7) is 1.93. The van der Waals surface area contributed by atoms with E-state index < -0.39 is 5.91 Å². The molecule has 100 valence electrons. The Bertz CT molecular complexity index is 433. The number of amides is 2. The van der Waals surface area contributed by atoms with Crippen LogP contribution >= 0.6 is 11.3 Å². The number of carbonyl (C=O) groups is 2. The number of aliphatic hydroxyl groups excluding tert-OH is 1. The van der Waals surface area contributed by atoms with Crippen molar-refractivity contribution in [1.29, 1.82) is 0 Å². The molecule has 0 bridgehead atoms. The minimum Gasteiger partial charge on any atom is -0.395 e. The fourth-order valence-electron chi connectivity index (χ4n) is 1.29. The van der Waals surface area contributed by atoms with Gasteiger partial charge < -0.3 is 16.2 Å². The van der Waals surface area contributed by atoms with Gasteiger partial charge in [-0.15, -0.1) is 11.3 Å². The number of primary amides is 1. The molecule has 2 amide bonds. The van der Waals surface area contributed by atoms with Crippen LogP contribution in [0, 0.1) is 0 Å². The summed E-state index contributed by atoms with van der Waals surface area (Å²) in [5.74, 6) is -0.814. The van der Waals surface area contributed by atoms with Crippen molar-refractivity contribution in [2.45, 2.75) is 13.0 Å². The second kappa shape index (κ2) is 6.48. The number of rotatable bonds is 6. The van der Waals surface area contributed by atoms with Crippen molar-refractivity contribution in [1.82, 2.24) is 4.90 Å². The van der Waals surface area contributed by atoms with E-state index in [1.54, 1.807) is 23.4 Å². The van der Waals surface area contributed by atoms with E-state index in [0.717, 1.165) is 0 Å². The van der Waals surface area contributed by atoms with Crippen molar-refractivity contribution in [2.75, 3.05) is 25.5 Å². The average molecular weight is 271 g/mol. The summed E-state index contributed by atoms with van der Waals surface area (Å²) in [7, 11) is 1.74. The minimum atomic E-state index is -0.566. The van der Waals surface area contributed by atoms with E-state index in [9.17, 15) is 9.59 Å². The fraction of sp³-hybridized carbons (Fsp3) is 0.455. The fourth-order valence-corrected chi connectivity index (χ4v) is 2.10. The number of anilines is 1. The lowest BCUT2D eigenvalue weighted by Gasteiger charge is -2.21. The molecule has 0 fully saturated rings. The van der Waals surface area contributed by atoms with Crippen molar-refractivity contribution in [2.24, 2.45) is 5.73 Å². The Hall–Kier alpha value is -1.44. The summed E-state index contributed by atoms with van der Waals surface area (Å²) in [4.78, 5) is 24.5. The lowest BCUT2D eigenvalue weighted by atomic mass is 10.3. The van der Waals surface area contributed by atoms with E-state index in [2.05, 4.69) is 5.32 Å². The Kier molecular flexibility index (Phi) is 5.26. The summed E-state index contributed by atoms with van der Waals surface area (Å²) in [6, 6.07) is 1.47. The zero-order valence-corrected chi connectivity index (χ0v) is 11.2. The Labute approximate surface area is 109 Å². The molecule has 1 aromatic heterocycles. The molecule has 0 aliphatic rings. The molecule has 1 rings (SSSR count). The highest BCUT2D eigenvalue weighted by Gasteiger charge is 2.15. The molecule has 1 heterocycles. The first-order valence-corrected chi connectivity index (χ1v) is 6.32. The summed E-state index contributed by atoms with van der Waals surface area (Å²) in [6.07, 6.45) is 0. The number of nitrogens with zero attached hydrogens (tertiary/aromatic N) is 1. The molecule has 7 heteroatoms. The van der Waals surface area contributed by atoms with E-state index >= 15 is 0 Å². The smallest absolute Gasteiger partial charge is 0.251 e. The number of nitrogens with one attached hydrogen (secondary N) is 1. The normalized spacial score (nSPS) is 12.4. The summed E-state index contributed by atoms with van der Waals surface area (Å²) in [5.41, 5.74) is 5.49. The van der Waals surface area contributed by atoms with Crippen LogP contribution in [0.1, 0.15) is 17.3 Å². The third-order valence-electron chi connectivity index (χ3n) is 2.59. The van der Waals surface area contributed by atoms with Gasteiger partial charge in [-0.3, -0.25) is 14.5 Å². The second-order valence-corrected chi connectivity index (χ2v) is 4.94. The molecule has 0 spiro atoms. The number of likely N-dealkylation sites (N-methyl/N-ethyl adjacent to an activating group) is 1. The van der Waals surface area contributed by atoms with E-state index in [1.807, 2.05) is 6.92 Å². The molecule has 4 N–H and O–H groups in total. The molecular weight excluding hydrogens is 254 g/mol. The number of aliphatic hydroxyl groups is 1. The van der Waals surface area contributed by atoms with Gasteiger partial charge in [-0.05, 0) is 25.4 Å². The zero-order valence-electron chi connectivity index (χ0n) is 10.3. The maximum absolute atomic E-state index is 11.7. The summed E-state index contributed by atoms with van der Waals surface area (Å²) >= 11 is 1.25. The quantitative estimate of drug-likeness (QED) is 0.683. The van der Waals surface area contributed by atoms with Crippen LogP contribution in [-0.2, 0) is 4.79 Å². The minimum absolute atomic E-state index is 0.0185. The third-order valence-corrected chi connectivity index (χ3v) is 3.42. The number of hydrogen-bond acceptors (Lipinski definition) is 5. The number of thiophene rings is 1. The van der Waals surface area contributed by atoms with Crippen LogP contribution < -0.4 is 11.1 Å². The standard InChI is InChI=1S/C11H17N3O3S/c1-7(6-15)14(2)5-9(16)13-11-8(10(12)17)3-4-18-11/h3-4,7,15H,5-6H2,1-2H3,(H2,12,17)(H,13,16). The number of carbonyl (C=O) groups excluding carboxylic acids is 2. The van der Waals surface area contributed by atoms with Crippen LogP contribution in [0.3, 0.4) is 0 Å². The van der Waals surface area contributed by atoms with Gasteiger partial charge in [0.05, 0.1) is 18.7 Å². The first kappa shape index (κ1) is 14.6. The van der Waals surface area contributed by atoms with Gasteiger partial charge in [-0.2, -0.15) is 0 Å². The number of nitrogens with two attached hydrogens (primary N) is 1. The molecule has 0 saturated heterocycles. The van der Waals surface area contributed by atoms with E-state index in [4.69, 9.17) is 10.8 Å². The largest absolute Gasteiger partial charge is 0.395 e. The molecule has 18 heavy (non-hydrogen) atoms. The van der Waals surface area contributed by atoms with Crippen LogP contribution in [0.5, 0.6) is 0 Å². The molecule has 0 aliphatic heterocycles. The van der Waals surface area contributed by atoms with Crippen LogP contribution in [0.4, 0.5) is 5.00 Å². The lowest BCUT2D eigenvalue weighted by molar-refractivity contribution is -0.117. The lowest BCUT2D eigenvalue weighted by Crippen LogP contribution is -2.38. The predicted octanol–water partition coefficient (Wildman–Crippen LogP) is 0.0981. The Morgan fingerprint density at radius 2 is 2.28 bits per heavy atom. The van der Waals surface area contributed by atoms with Crippen LogP contribution in [0.2, 0.25) is 0 Å². The Morgan fingerprint density at radius 3 is 2.83 bits per heavy atom. The van der Waals surface area contributed by atoms with E-state index in [-0.39, 0.29) is 25.1 Å². The van der Waals surface area contributed by atoms with Crippen molar-refractivity contribution < 1.29 is 14.7 Å². The molecule has 0 radical (unpaired) electrons. The van der Waals surface area contributed by atoms with E-state index in [1.165, 1.54) is 11.3 Å². The first-order chi connectivity index (χ1) is 8.45. The number of hydrogen-bond donors (Lipinski definition) is 3. The maximum atomic E-state index is 11.7. The molecule has 1 aromatic rings. The highest BCUT2D eigenvalue weighted by Crippen LogP contribution is 2.22. The van der Waals surface area contributed by atoms with Crippen molar-refractivity contribution in [3.05, 3.63) is 17.0 Å². The molecule has 0 aromatic carbocycles. The van der Waals surface area contributed by atoms with Gasteiger partial charge >= 0.3 is 0 Å². The summed E-state index contributed by atoms with van der Waals surface area (Å²) < 4.78 is 0. The Balaban J connectivity index is 2.60. The molecule has 6 nitrogen and oxygen atoms in total.